The van der Waals surface area contributed by atoms with Crippen LogP contribution < -0.4 is 25.7 Å². The summed E-state index contributed by atoms with van der Waals surface area (Å²) in [5.74, 6) is 1.05. The highest BCUT2D eigenvalue weighted by Gasteiger charge is 2.11. The maximum atomic E-state index is 12.0. The van der Waals surface area contributed by atoms with E-state index >= 15 is 0 Å². The highest BCUT2D eigenvalue weighted by Crippen LogP contribution is 2.28. The number of rotatable bonds is 7. The van der Waals surface area contributed by atoms with Crippen LogP contribution in [0.25, 0.3) is 0 Å². The Balaban J connectivity index is 1.88. The molecule has 1 heterocycles. The molecule has 2 amide bonds. The van der Waals surface area contributed by atoms with Gasteiger partial charge < -0.3 is 29.8 Å². The van der Waals surface area contributed by atoms with E-state index in [2.05, 4.69) is 10.6 Å². The van der Waals surface area contributed by atoms with E-state index in [1.165, 1.54) is 24.9 Å². The number of pyridine rings is 1. The lowest BCUT2D eigenvalue weighted by Crippen LogP contribution is -2.38. The number of hydrogen-bond donors (Lipinski definition) is 3. The van der Waals surface area contributed by atoms with Crippen molar-refractivity contribution in [3.05, 3.63) is 52.9 Å². The normalized spacial score (nSPS) is 11.5. The quantitative estimate of drug-likeness (QED) is 0.695. The van der Waals surface area contributed by atoms with Gasteiger partial charge in [-0.05, 0) is 18.2 Å². The largest absolute Gasteiger partial charge is 0.497 e. The minimum absolute atomic E-state index is 0.00830. The molecule has 3 N–H and O–H groups in total. The summed E-state index contributed by atoms with van der Waals surface area (Å²) in [6.45, 7) is 0.0808. The third-order valence-electron chi connectivity index (χ3n) is 3.46. The first-order valence-corrected chi connectivity index (χ1v) is 7.64. The van der Waals surface area contributed by atoms with Gasteiger partial charge in [-0.2, -0.15) is 0 Å². The molecule has 1 aromatic carbocycles. The Morgan fingerprint density at radius 3 is 2.72 bits per heavy atom. The standard InChI is InChI=1S/C17H21N3O5/c1-24-13-6-7-14(15(9-13)25-2)19-17(23)18-10-12(21)11-20-8-4-3-5-16(20)22/h3-9,12,21H,10-11H2,1-2H3,(H2,18,19,23). The van der Waals surface area contributed by atoms with Crippen molar-refractivity contribution in [2.24, 2.45) is 0 Å². The minimum atomic E-state index is -0.899. The van der Waals surface area contributed by atoms with Crippen LogP contribution in [0.2, 0.25) is 0 Å². The van der Waals surface area contributed by atoms with Crippen LogP contribution in [0.15, 0.2) is 47.4 Å². The molecule has 0 aliphatic rings. The summed E-state index contributed by atoms with van der Waals surface area (Å²) >= 11 is 0. The topological polar surface area (TPSA) is 102 Å². The third kappa shape index (κ3) is 5.25. The van der Waals surface area contributed by atoms with E-state index in [0.29, 0.717) is 17.2 Å². The molecule has 0 fully saturated rings. The predicted molar refractivity (Wildman–Crippen MR) is 93.3 cm³/mol. The second-order valence-electron chi connectivity index (χ2n) is 5.25. The van der Waals surface area contributed by atoms with E-state index in [0.717, 1.165) is 0 Å². The maximum absolute atomic E-state index is 12.0. The molecule has 1 atom stereocenters. The smallest absolute Gasteiger partial charge is 0.319 e. The van der Waals surface area contributed by atoms with Gasteiger partial charge in [0.15, 0.2) is 0 Å². The van der Waals surface area contributed by atoms with Crippen molar-refractivity contribution in [2.45, 2.75) is 12.6 Å². The van der Waals surface area contributed by atoms with Crippen LogP contribution >= 0.6 is 0 Å². The van der Waals surface area contributed by atoms with Crippen molar-refractivity contribution in [1.82, 2.24) is 9.88 Å². The number of amides is 2. The highest BCUT2D eigenvalue weighted by atomic mass is 16.5. The molecule has 2 rings (SSSR count). The summed E-state index contributed by atoms with van der Waals surface area (Å²) in [7, 11) is 3.02. The van der Waals surface area contributed by atoms with Gasteiger partial charge in [0.05, 0.1) is 32.6 Å². The van der Waals surface area contributed by atoms with Crippen molar-refractivity contribution < 1.29 is 19.4 Å². The molecule has 25 heavy (non-hydrogen) atoms. The summed E-state index contributed by atoms with van der Waals surface area (Å²) in [5.41, 5.74) is 0.253. The Hall–Kier alpha value is -3.00. The number of aromatic nitrogens is 1. The van der Waals surface area contributed by atoms with E-state index in [-0.39, 0.29) is 18.6 Å². The summed E-state index contributed by atoms with van der Waals surface area (Å²) in [5, 5.41) is 15.1. The molecule has 0 saturated heterocycles. The highest BCUT2D eigenvalue weighted by molar-refractivity contribution is 5.91. The number of methoxy groups -OCH3 is 2. The monoisotopic (exact) mass is 347 g/mol. The lowest BCUT2D eigenvalue weighted by molar-refractivity contribution is 0.151. The third-order valence-corrected chi connectivity index (χ3v) is 3.46. The fraction of sp³-hybridized carbons (Fsp3) is 0.294. The molecule has 0 spiro atoms. The lowest BCUT2D eigenvalue weighted by Gasteiger charge is -2.15. The number of urea groups is 1. The fourth-order valence-corrected chi connectivity index (χ4v) is 2.18. The van der Waals surface area contributed by atoms with Crippen LogP contribution in [0.1, 0.15) is 0 Å². The van der Waals surface area contributed by atoms with E-state index < -0.39 is 12.1 Å². The minimum Gasteiger partial charge on any atom is -0.497 e. The number of aliphatic hydroxyl groups is 1. The molecule has 8 nitrogen and oxygen atoms in total. The van der Waals surface area contributed by atoms with Crippen molar-refractivity contribution in [1.29, 1.82) is 0 Å². The number of nitrogens with zero attached hydrogens (tertiary/aromatic N) is 1. The van der Waals surface area contributed by atoms with Gasteiger partial charge in [-0.15, -0.1) is 0 Å². The molecule has 1 unspecified atom stereocenters. The van der Waals surface area contributed by atoms with Crippen LogP contribution in [0.3, 0.4) is 0 Å². The lowest BCUT2D eigenvalue weighted by atomic mass is 10.2. The van der Waals surface area contributed by atoms with Gasteiger partial charge in [-0.1, -0.05) is 6.07 Å². The second-order valence-corrected chi connectivity index (χ2v) is 5.25. The van der Waals surface area contributed by atoms with Crippen LogP contribution in [-0.4, -0.2) is 42.6 Å². The number of ether oxygens (including phenoxy) is 2. The van der Waals surface area contributed by atoms with Gasteiger partial charge in [-0.25, -0.2) is 4.79 Å². The number of anilines is 1. The Morgan fingerprint density at radius 2 is 2.04 bits per heavy atom. The Kier molecular flexibility index (Phi) is 6.41. The van der Waals surface area contributed by atoms with Crippen LogP contribution in [-0.2, 0) is 6.54 Å². The number of aliphatic hydroxyl groups excluding tert-OH is 1. The summed E-state index contributed by atoms with van der Waals surface area (Å²) in [6.07, 6.45) is 0.678. The molecule has 0 radical (unpaired) electrons. The van der Waals surface area contributed by atoms with Crippen molar-refractivity contribution in [3.8, 4) is 11.5 Å². The first-order chi connectivity index (χ1) is 12.0. The number of benzene rings is 1. The van der Waals surface area contributed by atoms with Gasteiger partial charge in [0, 0.05) is 24.9 Å². The molecule has 134 valence electrons. The molecule has 2 aromatic rings. The van der Waals surface area contributed by atoms with E-state index in [9.17, 15) is 14.7 Å². The molecule has 8 heteroatoms. The zero-order valence-corrected chi connectivity index (χ0v) is 14.1. The first-order valence-electron chi connectivity index (χ1n) is 7.64. The molecule has 0 saturated carbocycles. The van der Waals surface area contributed by atoms with Gasteiger partial charge in [-0.3, -0.25) is 4.79 Å². The van der Waals surface area contributed by atoms with Crippen LogP contribution in [0.5, 0.6) is 11.5 Å². The number of carbonyl (C=O) groups excluding carboxylic acids is 1. The van der Waals surface area contributed by atoms with Crippen LogP contribution in [0.4, 0.5) is 10.5 Å². The van der Waals surface area contributed by atoms with Gasteiger partial charge >= 0.3 is 6.03 Å². The molecular formula is C17H21N3O5. The van der Waals surface area contributed by atoms with Gasteiger partial charge in [0.1, 0.15) is 11.5 Å². The Labute approximate surface area is 145 Å². The summed E-state index contributed by atoms with van der Waals surface area (Å²) in [4.78, 5) is 23.6. The fourth-order valence-electron chi connectivity index (χ4n) is 2.18. The molecule has 0 aliphatic carbocycles. The second kappa shape index (κ2) is 8.74. The van der Waals surface area contributed by atoms with Crippen LogP contribution in [0, 0.1) is 0 Å². The average Bonchev–Trinajstić information content (AvgIpc) is 2.62. The number of nitrogens with one attached hydrogen (secondary N) is 2. The van der Waals surface area contributed by atoms with Crippen molar-refractivity contribution in [3.63, 3.8) is 0 Å². The zero-order valence-electron chi connectivity index (χ0n) is 14.1. The Bertz CT molecular complexity index is 775. The van der Waals surface area contributed by atoms with Crippen molar-refractivity contribution >= 4 is 11.7 Å². The van der Waals surface area contributed by atoms with Gasteiger partial charge in [0.2, 0.25) is 0 Å². The molecule has 0 aliphatic heterocycles. The zero-order chi connectivity index (χ0) is 18.2. The summed E-state index contributed by atoms with van der Waals surface area (Å²) in [6, 6.07) is 9.22. The predicted octanol–water partition coefficient (Wildman–Crippen LogP) is 1.05. The Morgan fingerprint density at radius 1 is 1.24 bits per heavy atom. The number of hydrogen-bond acceptors (Lipinski definition) is 5. The first kappa shape index (κ1) is 18.3. The van der Waals surface area contributed by atoms with E-state index in [1.807, 2.05) is 0 Å². The average molecular weight is 347 g/mol. The van der Waals surface area contributed by atoms with E-state index in [1.54, 1.807) is 36.5 Å². The van der Waals surface area contributed by atoms with Gasteiger partial charge in [0.25, 0.3) is 5.56 Å². The molecular weight excluding hydrogens is 326 g/mol. The summed E-state index contributed by atoms with van der Waals surface area (Å²) < 4.78 is 11.7. The molecule has 0 bridgehead atoms. The van der Waals surface area contributed by atoms with Crippen molar-refractivity contribution in [2.75, 3.05) is 26.1 Å². The number of carbonyl (C=O) groups is 1. The maximum Gasteiger partial charge on any atom is 0.319 e. The SMILES string of the molecule is COc1ccc(NC(=O)NCC(O)Cn2ccccc2=O)c(OC)c1. The van der Waals surface area contributed by atoms with E-state index in [4.69, 9.17) is 9.47 Å². The molecule has 1 aromatic heterocycles.